The van der Waals surface area contributed by atoms with E-state index in [0.29, 0.717) is 18.8 Å². The number of aliphatic hydroxyl groups is 1. The van der Waals surface area contributed by atoms with Crippen LogP contribution in [0.3, 0.4) is 0 Å². The summed E-state index contributed by atoms with van der Waals surface area (Å²) in [6.07, 6.45) is 1.65. The Labute approximate surface area is 127 Å². The van der Waals surface area contributed by atoms with Gasteiger partial charge in [0.1, 0.15) is 4.90 Å². The zero-order valence-electron chi connectivity index (χ0n) is 12.8. The number of nitrogens with one attached hydrogen (secondary N) is 1. The standard InChI is InChI=1S/C15H24N2O3S/c1-4-9-15(18)10-17(11-15)13-7-5-6-8-14(13)21(19,20)16-12(2)3/h5-8,12,16,18H,4,9-11H2,1-3H3. The number of para-hydroxylation sites is 1. The Morgan fingerprint density at radius 3 is 2.52 bits per heavy atom. The summed E-state index contributed by atoms with van der Waals surface area (Å²) in [5, 5.41) is 10.3. The molecule has 6 heteroatoms. The fourth-order valence-electron chi connectivity index (χ4n) is 2.78. The number of sulfonamides is 1. The van der Waals surface area contributed by atoms with Crippen molar-refractivity contribution in [2.45, 2.75) is 50.2 Å². The smallest absolute Gasteiger partial charge is 0.242 e. The van der Waals surface area contributed by atoms with Gasteiger partial charge in [0.25, 0.3) is 0 Å². The van der Waals surface area contributed by atoms with Crippen LogP contribution in [0.5, 0.6) is 0 Å². The van der Waals surface area contributed by atoms with E-state index in [0.717, 1.165) is 12.8 Å². The normalized spacial score (nSPS) is 17.9. The van der Waals surface area contributed by atoms with E-state index in [-0.39, 0.29) is 10.9 Å². The van der Waals surface area contributed by atoms with Gasteiger partial charge in [0.05, 0.1) is 11.3 Å². The number of nitrogens with zero attached hydrogens (tertiary/aromatic N) is 1. The molecular formula is C15H24N2O3S. The molecule has 0 amide bonds. The van der Waals surface area contributed by atoms with Crippen molar-refractivity contribution in [1.29, 1.82) is 0 Å². The van der Waals surface area contributed by atoms with E-state index >= 15 is 0 Å². The zero-order chi connectivity index (χ0) is 15.7. The van der Waals surface area contributed by atoms with Crippen LogP contribution in [0.2, 0.25) is 0 Å². The van der Waals surface area contributed by atoms with Gasteiger partial charge < -0.3 is 10.0 Å². The summed E-state index contributed by atoms with van der Waals surface area (Å²) in [6, 6.07) is 6.78. The summed E-state index contributed by atoms with van der Waals surface area (Å²) in [7, 11) is -3.53. The summed E-state index contributed by atoms with van der Waals surface area (Å²) in [4.78, 5) is 2.20. The summed E-state index contributed by atoms with van der Waals surface area (Å²) < 4.78 is 27.4. The first kappa shape index (κ1) is 16.3. The molecule has 118 valence electrons. The van der Waals surface area contributed by atoms with Gasteiger partial charge in [-0.1, -0.05) is 25.5 Å². The zero-order valence-corrected chi connectivity index (χ0v) is 13.7. The summed E-state index contributed by atoms with van der Waals surface area (Å²) >= 11 is 0. The Morgan fingerprint density at radius 1 is 1.33 bits per heavy atom. The number of benzene rings is 1. The SMILES string of the molecule is CCCC1(O)CN(c2ccccc2S(=O)(=O)NC(C)C)C1. The Hall–Kier alpha value is -1.11. The molecule has 1 aromatic rings. The van der Waals surface area contributed by atoms with Crippen molar-refractivity contribution in [3.8, 4) is 0 Å². The fraction of sp³-hybridized carbons (Fsp3) is 0.600. The number of β-amino-alcohol motifs (C(OH)–C–C–N with tert-alkyl or cyclic N) is 1. The van der Waals surface area contributed by atoms with Crippen LogP contribution in [0.4, 0.5) is 5.69 Å². The van der Waals surface area contributed by atoms with Crippen molar-refractivity contribution < 1.29 is 13.5 Å². The van der Waals surface area contributed by atoms with Crippen LogP contribution in [0.15, 0.2) is 29.2 Å². The Bertz CT molecular complexity index is 593. The monoisotopic (exact) mass is 312 g/mol. The van der Waals surface area contributed by atoms with Crippen molar-refractivity contribution >= 4 is 15.7 Å². The van der Waals surface area contributed by atoms with E-state index in [2.05, 4.69) is 4.72 Å². The van der Waals surface area contributed by atoms with Crippen LogP contribution in [-0.4, -0.2) is 38.3 Å². The Balaban J connectivity index is 2.24. The van der Waals surface area contributed by atoms with Crippen molar-refractivity contribution in [1.82, 2.24) is 4.72 Å². The molecule has 0 aromatic heterocycles. The van der Waals surface area contributed by atoms with E-state index < -0.39 is 15.6 Å². The summed E-state index contributed by atoms with van der Waals surface area (Å²) in [5.74, 6) is 0. The van der Waals surface area contributed by atoms with Crippen molar-refractivity contribution in [3.05, 3.63) is 24.3 Å². The highest BCUT2D eigenvalue weighted by Gasteiger charge is 2.41. The molecular weight excluding hydrogens is 288 g/mol. The van der Waals surface area contributed by atoms with Gasteiger partial charge in [0.15, 0.2) is 0 Å². The van der Waals surface area contributed by atoms with Crippen LogP contribution in [0.25, 0.3) is 0 Å². The predicted molar refractivity (Wildman–Crippen MR) is 84.0 cm³/mol. The highest BCUT2D eigenvalue weighted by molar-refractivity contribution is 7.89. The lowest BCUT2D eigenvalue weighted by atomic mass is 9.89. The molecule has 0 atom stereocenters. The Morgan fingerprint density at radius 2 is 1.95 bits per heavy atom. The molecule has 21 heavy (non-hydrogen) atoms. The van der Waals surface area contributed by atoms with Gasteiger partial charge >= 0.3 is 0 Å². The summed E-state index contributed by atoms with van der Waals surface area (Å²) in [6.45, 7) is 6.59. The number of anilines is 1. The lowest BCUT2D eigenvalue weighted by Crippen LogP contribution is -2.62. The van der Waals surface area contributed by atoms with Crippen molar-refractivity contribution in [2.75, 3.05) is 18.0 Å². The minimum Gasteiger partial charge on any atom is -0.386 e. The largest absolute Gasteiger partial charge is 0.386 e. The first-order valence-electron chi connectivity index (χ1n) is 7.36. The molecule has 0 aliphatic carbocycles. The molecule has 0 unspecified atom stereocenters. The van der Waals surface area contributed by atoms with E-state index in [1.807, 2.05) is 17.9 Å². The van der Waals surface area contributed by atoms with Crippen LogP contribution < -0.4 is 9.62 Å². The number of hydrogen-bond donors (Lipinski definition) is 2. The topological polar surface area (TPSA) is 69.6 Å². The number of rotatable bonds is 6. The van der Waals surface area contributed by atoms with E-state index in [9.17, 15) is 13.5 Å². The first-order chi connectivity index (χ1) is 9.77. The molecule has 0 radical (unpaired) electrons. The molecule has 2 N–H and O–H groups in total. The average Bonchev–Trinajstić information content (AvgIpc) is 2.34. The molecule has 0 bridgehead atoms. The quantitative estimate of drug-likeness (QED) is 0.839. The third-order valence-corrected chi connectivity index (χ3v) is 5.28. The molecule has 1 fully saturated rings. The second-order valence-corrected chi connectivity index (χ2v) is 7.76. The molecule has 5 nitrogen and oxygen atoms in total. The lowest BCUT2D eigenvalue weighted by Gasteiger charge is -2.48. The van der Waals surface area contributed by atoms with Gasteiger partial charge in [-0.2, -0.15) is 0 Å². The second-order valence-electron chi connectivity index (χ2n) is 6.07. The van der Waals surface area contributed by atoms with Crippen LogP contribution in [0, 0.1) is 0 Å². The second kappa shape index (κ2) is 5.94. The van der Waals surface area contributed by atoms with E-state index in [4.69, 9.17) is 0 Å². The van der Waals surface area contributed by atoms with Crippen LogP contribution >= 0.6 is 0 Å². The van der Waals surface area contributed by atoms with Gasteiger partial charge in [0, 0.05) is 19.1 Å². The van der Waals surface area contributed by atoms with Crippen molar-refractivity contribution in [3.63, 3.8) is 0 Å². The van der Waals surface area contributed by atoms with Gasteiger partial charge in [-0.25, -0.2) is 13.1 Å². The molecule has 2 rings (SSSR count). The minimum atomic E-state index is -3.53. The van der Waals surface area contributed by atoms with Gasteiger partial charge in [-0.15, -0.1) is 0 Å². The predicted octanol–water partition coefficient (Wildman–Crippen LogP) is 1.72. The van der Waals surface area contributed by atoms with E-state index in [1.54, 1.807) is 32.0 Å². The highest BCUT2D eigenvalue weighted by atomic mass is 32.2. The molecule has 1 heterocycles. The molecule has 1 aliphatic heterocycles. The van der Waals surface area contributed by atoms with Gasteiger partial charge in [-0.05, 0) is 32.4 Å². The van der Waals surface area contributed by atoms with E-state index in [1.165, 1.54) is 0 Å². The van der Waals surface area contributed by atoms with Crippen LogP contribution in [-0.2, 0) is 10.0 Å². The molecule has 0 spiro atoms. The van der Waals surface area contributed by atoms with Gasteiger partial charge in [-0.3, -0.25) is 0 Å². The molecule has 1 saturated heterocycles. The lowest BCUT2D eigenvalue weighted by molar-refractivity contribution is 0.00310. The van der Waals surface area contributed by atoms with Gasteiger partial charge in [0.2, 0.25) is 10.0 Å². The maximum Gasteiger partial charge on any atom is 0.242 e. The third kappa shape index (κ3) is 3.56. The summed E-state index contributed by atoms with van der Waals surface area (Å²) in [5.41, 5.74) is -0.0247. The Kier molecular flexibility index (Phi) is 4.60. The molecule has 1 aromatic carbocycles. The fourth-order valence-corrected chi connectivity index (χ4v) is 4.26. The molecule has 1 aliphatic rings. The maximum atomic E-state index is 12.4. The molecule has 0 saturated carbocycles. The van der Waals surface area contributed by atoms with Crippen molar-refractivity contribution in [2.24, 2.45) is 0 Å². The third-order valence-electron chi connectivity index (χ3n) is 3.57. The highest BCUT2D eigenvalue weighted by Crippen LogP contribution is 2.34. The van der Waals surface area contributed by atoms with Crippen LogP contribution in [0.1, 0.15) is 33.6 Å². The minimum absolute atomic E-state index is 0.156. The first-order valence-corrected chi connectivity index (χ1v) is 8.84. The average molecular weight is 312 g/mol. The maximum absolute atomic E-state index is 12.4. The number of hydrogen-bond acceptors (Lipinski definition) is 4.